The zero-order valence-corrected chi connectivity index (χ0v) is 20.8. The van der Waals surface area contributed by atoms with E-state index in [0.717, 1.165) is 5.56 Å². The average Bonchev–Trinajstić information content (AvgIpc) is 2.75. The molecule has 0 aromatic heterocycles. The van der Waals surface area contributed by atoms with Gasteiger partial charge in [0.1, 0.15) is 5.75 Å². The smallest absolute Gasteiger partial charge is 0.260 e. The van der Waals surface area contributed by atoms with Crippen LogP contribution in [0.1, 0.15) is 31.4 Å². The molecule has 0 saturated heterocycles. The molecule has 2 rings (SSSR count). The van der Waals surface area contributed by atoms with E-state index in [-0.39, 0.29) is 41.3 Å². The predicted molar refractivity (Wildman–Crippen MR) is 129 cm³/mol. The van der Waals surface area contributed by atoms with Crippen LogP contribution < -0.4 is 14.8 Å². The first-order valence-corrected chi connectivity index (χ1v) is 12.5. The van der Waals surface area contributed by atoms with Crippen molar-refractivity contribution in [2.45, 2.75) is 39.0 Å². The molecule has 0 aliphatic carbocycles. The molecule has 2 aromatic carbocycles. The Hall–Kier alpha value is -2.62. The van der Waals surface area contributed by atoms with Crippen LogP contribution in [0.3, 0.4) is 0 Å². The maximum absolute atomic E-state index is 12.5. The van der Waals surface area contributed by atoms with E-state index >= 15 is 0 Å². The van der Waals surface area contributed by atoms with Crippen LogP contribution in [0.5, 0.6) is 5.75 Å². The number of carbonyl (C=O) groups excluding carboxylic acids is 2. The fourth-order valence-corrected chi connectivity index (χ4v) is 4.69. The Labute approximate surface area is 200 Å². The second-order valence-corrected chi connectivity index (χ2v) is 9.61. The summed E-state index contributed by atoms with van der Waals surface area (Å²) in [5.41, 5.74) is 1.90. The molecule has 33 heavy (non-hydrogen) atoms. The number of sulfonamides is 1. The van der Waals surface area contributed by atoms with Crippen molar-refractivity contribution in [1.82, 2.24) is 9.62 Å². The van der Waals surface area contributed by atoms with Gasteiger partial charge >= 0.3 is 0 Å². The molecule has 0 bridgehead atoms. The van der Waals surface area contributed by atoms with Gasteiger partial charge in [-0.25, -0.2) is 13.1 Å². The van der Waals surface area contributed by atoms with Gasteiger partial charge in [0.2, 0.25) is 15.9 Å². The highest BCUT2D eigenvalue weighted by atomic mass is 35.5. The summed E-state index contributed by atoms with van der Waals surface area (Å²) in [7, 11) is -3.72. The monoisotopic (exact) mass is 495 g/mol. The number of aryl methyl sites for hydroxylation is 2. The molecule has 0 unspecified atom stereocenters. The van der Waals surface area contributed by atoms with Crippen LogP contribution in [-0.4, -0.2) is 51.4 Å². The highest BCUT2D eigenvalue weighted by Crippen LogP contribution is 2.28. The molecule has 0 saturated carbocycles. The van der Waals surface area contributed by atoms with Gasteiger partial charge in [0.25, 0.3) is 5.91 Å². The highest BCUT2D eigenvalue weighted by molar-refractivity contribution is 7.89. The van der Waals surface area contributed by atoms with Crippen LogP contribution in [0, 0.1) is 13.8 Å². The number of benzene rings is 2. The fourth-order valence-electron chi connectivity index (χ4n) is 3.10. The topological polar surface area (TPSA) is 105 Å². The Kier molecular flexibility index (Phi) is 9.70. The first-order valence-electron chi connectivity index (χ1n) is 10.6. The van der Waals surface area contributed by atoms with Gasteiger partial charge in [-0.2, -0.15) is 0 Å². The molecule has 0 aliphatic heterocycles. The zero-order valence-electron chi connectivity index (χ0n) is 19.3. The van der Waals surface area contributed by atoms with Crippen molar-refractivity contribution < 1.29 is 22.7 Å². The second kappa shape index (κ2) is 12.0. The van der Waals surface area contributed by atoms with Crippen LogP contribution in [0.4, 0.5) is 5.69 Å². The number of hydrogen-bond acceptors (Lipinski definition) is 5. The number of nitrogens with zero attached hydrogens (tertiary/aromatic N) is 1. The summed E-state index contributed by atoms with van der Waals surface area (Å²) in [5.74, 6) is -0.187. The summed E-state index contributed by atoms with van der Waals surface area (Å²) in [6.07, 6.45) is -0.0572. The molecule has 10 heteroatoms. The van der Waals surface area contributed by atoms with Crippen molar-refractivity contribution in [3.8, 4) is 5.75 Å². The first-order chi connectivity index (χ1) is 15.6. The van der Waals surface area contributed by atoms with Gasteiger partial charge in [-0.15, -0.1) is 0 Å². The van der Waals surface area contributed by atoms with E-state index in [0.29, 0.717) is 30.1 Å². The van der Waals surface area contributed by atoms with E-state index in [4.69, 9.17) is 16.3 Å². The Morgan fingerprint density at radius 3 is 2.39 bits per heavy atom. The van der Waals surface area contributed by atoms with E-state index in [1.165, 1.54) is 6.07 Å². The predicted octanol–water partition coefficient (Wildman–Crippen LogP) is 3.51. The van der Waals surface area contributed by atoms with Crippen LogP contribution >= 0.6 is 11.6 Å². The van der Waals surface area contributed by atoms with Gasteiger partial charge in [-0.1, -0.05) is 23.7 Å². The number of anilines is 1. The lowest BCUT2D eigenvalue weighted by Crippen LogP contribution is -2.34. The van der Waals surface area contributed by atoms with E-state index in [9.17, 15) is 18.0 Å². The van der Waals surface area contributed by atoms with Crippen LogP contribution in [-0.2, 0) is 19.6 Å². The van der Waals surface area contributed by atoms with Gasteiger partial charge in [0, 0.05) is 31.7 Å². The zero-order chi connectivity index (χ0) is 24.6. The van der Waals surface area contributed by atoms with Crippen molar-refractivity contribution in [3.05, 3.63) is 52.5 Å². The molecule has 0 aliphatic rings. The molecular weight excluding hydrogens is 466 g/mol. The molecule has 0 atom stereocenters. The number of carbonyl (C=O) groups is 2. The van der Waals surface area contributed by atoms with Gasteiger partial charge in [0.15, 0.2) is 6.61 Å². The van der Waals surface area contributed by atoms with Crippen molar-refractivity contribution in [1.29, 1.82) is 0 Å². The maximum Gasteiger partial charge on any atom is 0.260 e. The Morgan fingerprint density at radius 1 is 1.06 bits per heavy atom. The van der Waals surface area contributed by atoms with Crippen molar-refractivity contribution in [3.63, 3.8) is 0 Å². The van der Waals surface area contributed by atoms with Crippen LogP contribution in [0.2, 0.25) is 5.02 Å². The first kappa shape index (κ1) is 26.6. The molecule has 8 nitrogen and oxygen atoms in total. The normalized spacial score (nSPS) is 11.2. The number of rotatable bonds is 11. The molecule has 0 spiro atoms. The summed E-state index contributed by atoms with van der Waals surface area (Å²) < 4.78 is 33.0. The summed E-state index contributed by atoms with van der Waals surface area (Å²) in [5, 5.41) is 2.92. The molecular formula is C23H30ClN3O5S. The van der Waals surface area contributed by atoms with Gasteiger partial charge in [-0.3, -0.25) is 9.59 Å². The lowest BCUT2D eigenvalue weighted by atomic mass is 10.2. The standard InChI is InChI=1S/C23H30ClN3O5S/c1-5-27(6-2)23(29)15-32-20-10-9-18(14-19(20)24)26-22(28)11-12-25-33(30,31)21-13-16(3)7-8-17(21)4/h7-10,13-14,25H,5-6,11-12,15H2,1-4H3,(H,26,28). The van der Waals surface area contributed by atoms with Gasteiger partial charge in [-0.05, 0) is 63.1 Å². The maximum atomic E-state index is 12.5. The molecule has 2 aromatic rings. The molecule has 180 valence electrons. The largest absolute Gasteiger partial charge is 0.482 e. The van der Waals surface area contributed by atoms with Gasteiger partial charge < -0.3 is 15.0 Å². The average molecular weight is 496 g/mol. The van der Waals surface area contributed by atoms with E-state index in [1.54, 1.807) is 36.1 Å². The third kappa shape index (κ3) is 7.73. The molecule has 0 fully saturated rings. The highest BCUT2D eigenvalue weighted by Gasteiger charge is 2.17. The minimum Gasteiger partial charge on any atom is -0.482 e. The Bertz CT molecular complexity index is 1100. The number of halogens is 1. The second-order valence-electron chi connectivity index (χ2n) is 7.46. The number of likely N-dealkylation sites (N-methyl/N-ethyl adjacent to an activating group) is 1. The fraction of sp³-hybridized carbons (Fsp3) is 0.391. The van der Waals surface area contributed by atoms with Crippen molar-refractivity contribution in [2.75, 3.05) is 31.6 Å². The number of hydrogen-bond donors (Lipinski definition) is 2. The van der Waals surface area contributed by atoms with E-state index in [2.05, 4.69) is 10.0 Å². The van der Waals surface area contributed by atoms with Crippen molar-refractivity contribution in [2.24, 2.45) is 0 Å². The SMILES string of the molecule is CCN(CC)C(=O)COc1ccc(NC(=O)CCNS(=O)(=O)c2cc(C)ccc2C)cc1Cl. The molecule has 0 radical (unpaired) electrons. The summed E-state index contributed by atoms with van der Waals surface area (Å²) in [4.78, 5) is 26.1. The Balaban J connectivity index is 1.88. The minimum absolute atomic E-state index is 0.0516. The minimum atomic E-state index is -3.72. The Morgan fingerprint density at radius 2 is 1.76 bits per heavy atom. The van der Waals surface area contributed by atoms with E-state index < -0.39 is 10.0 Å². The van der Waals surface area contributed by atoms with Gasteiger partial charge in [0.05, 0.1) is 9.92 Å². The quantitative estimate of drug-likeness (QED) is 0.496. The van der Waals surface area contributed by atoms with Crippen molar-refractivity contribution >= 4 is 39.1 Å². The number of ether oxygens (including phenoxy) is 1. The third-order valence-corrected chi connectivity index (χ3v) is 6.86. The molecule has 2 N–H and O–H groups in total. The van der Waals surface area contributed by atoms with E-state index in [1.807, 2.05) is 26.8 Å². The molecule has 2 amide bonds. The molecule has 0 heterocycles. The lowest BCUT2D eigenvalue weighted by Gasteiger charge is -2.19. The van der Waals surface area contributed by atoms with Crippen LogP contribution in [0.15, 0.2) is 41.3 Å². The van der Waals surface area contributed by atoms with Crippen LogP contribution in [0.25, 0.3) is 0 Å². The lowest BCUT2D eigenvalue weighted by molar-refractivity contribution is -0.133. The summed E-state index contributed by atoms with van der Waals surface area (Å²) >= 11 is 6.21. The summed E-state index contributed by atoms with van der Waals surface area (Å²) in [6.45, 7) is 8.32. The number of nitrogens with one attached hydrogen (secondary N) is 2. The number of amides is 2. The third-order valence-electron chi connectivity index (χ3n) is 4.96. The summed E-state index contributed by atoms with van der Waals surface area (Å²) in [6, 6.07) is 9.85.